The molecule has 0 unspecified atom stereocenters. The van der Waals surface area contributed by atoms with Gasteiger partial charge in [0.05, 0.1) is 5.02 Å². The summed E-state index contributed by atoms with van der Waals surface area (Å²) in [5.41, 5.74) is 0. The molecule has 0 aromatic carbocycles. The monoisotopic (exact) mass is 178 g/mol. The molecule has 0 spiro atoms. The van der Waals surface area contributed by atoms with E-state index in [-0.39, 0.29) is 0 Å². The van der Waals surface area contributed by atoms with Gasteiger partial charge in [-0.05, 0) is 18.2 Å². The zero-order chi connectivity index (χ0) is 8.39. The molecule has 0 fully saturated rings. The van der Waals surface area contributed by atoms with Crippen LogP contribution in [-0.4, -0.2) is 14.8 Å². The van der Waals surface area contributed by atoms with Crippen LogP contribution in [0.3, 0.4) is 0 Å². The number of hydrogen-bond acceptors (Lipinski definition) is 2. The number of nitrogens with zero attached hydrogens (tertiary/aromatic N) is 3. The summed E-state index contributed by atoms with van der Waals surface area (Å²) in [6, 6.07) is 5.28. The van der Waals surface area contributed by atoms with Gasteiger partial charge in [-0.3, -0.25) is 0 Å². The number of halogens is 1. The highest BCUT2D eigenvalue weighted by molar-refractivity contribution is 6.30. The Morgan fingerprint density at radius 2 is 2.33 bits per heavy atom. The van der Waals surface area contributed by atoms with Crippen LogP contribution in [0.1, 0.15) is 0 Å². The maximum absolute atomic E-state index is 5.67. The fourth-order valence-electron chi connectivity index (χ4n) is 0.864. The third-order valence-corrected chi connectivity index (χ3v) is 1.63. The lowest BCUT2D eigenvalue weighted by atomic mass is 10.5. The van der Waals surface area contributed by atoms with Gasteiger partial charge in [-0.25, -0.2) is 9.67 Å². The summed E-state index contributed by atoms with van der Waals surface area (Å²) in [5, 5.41) is 4.52. The second-order valence-corrected chi connectivity index (χ2v) is 2.66. The van der Waals surface area contributed by atoms with E-state index in [1.165, 1.54) is 0 Å². The van der Waals surface area contributed by atoms with Gasteiger partial charge >= 0.3 is 0 Å². The number of pyridine rings is 1. The molecule has 3 nitrogen and oxygen atoms in total. The van der Waals surface area contributed by atoms with Crippen molar-refractivity contribution in [3.63, 3.8) is 0 Å². The molecule has 1 radical (unpaired) electrons. The van der Waals surface area contributed by atoms with E-state index in [2.05, 4.69) is 16.3 Å². The summed E-state index contributed by atoms with van der Waals surface area (Å²) in [4.78, 5) is 4.07. The van der Waals surface area contributed by atoms with Gasteiger partial charge in [0.15, 0.2) is 5.82 Å². The van der Waals surface area contributed by atoms with Crippen molar-refractivity contribution in [3.8, 4) is 5.82 Å². The minimum absolute atomic E-state index is 0.620. The zero-order valence-corrected chi connectivity index (χ0v) is 6.86. The van der Waals surface area contributed by atoms with Crippen molar-refractivity contribution in [2.45, 2.75) is 0 Å². The molecule has 0 saturated heterocycles. The lowest BCUT2D eigenvalue weighted by molar-refractivity contribution is 0.844. The molecule has 0 amide bonds. The van der Waals surface area contributed by atoms with E-state index in [1.807, 2.05) is 0 Å². The molecule has 0 atom stereocenters. The zero-order valence-electron chi connectivity index (χ0n) is 6.11. The van der Waals surface area contributed by atoms with Gasteiger partial charge in [-0.2, -0.15) is 5.10 Å². The van der Waals surface area contributed by atoms with Crippen LogP contribution in [0.15, 0.2) is 30.6 Å². The fraction of sp³-hybridized carbons (Fsp3) is 0. The second-order valence-electron chi connectivity index (χ2n) is 2.22. The molecule has 0 aliphatic rings. The number of hydrogen-bond donors (Lipinski definition) is 0. The van der Waals surface area contributed by atoms with Crippen LogP contribution in [0.4, 0.5) is 0 Å². The summed E-state index contributed by atoms with van der Waals surface area (Å²) in [6.07, 6.45) is 6.04. The van der Waals surface area contributed by atoms with Crippen LogP contribution in [0, 0.1) is 6.20 Å². The van der Waals surface area contributed by atoms with Crippen molar-refractivity contribution >= 4 is 11.6 Å². The van der Waals surface area contributed by atoms with Gasteiger partial charge in [0.25, 0.3) is 0 Å². The van der Waals surface area contributed by atoms with Gasteiger partial charge in [0.2, 0.25) is 0 Å². The first-order valence-electron chi connectivity index (χ1n) is 3.40. The molecular formula is C8H5ClN3. The SMILES string of the molecule is Clc1ccc(-n2cc[c]n2)nc1. The van der Waals surface area contributed by atoms with Crippen LogP contribution in [-0.2, 0) is 0 Å². The van der Waals surface area contributed by atoms with E-state index >= 15 is 0 Å². The standard InChI is InChI=1S/C8H5ClN3/c9-7-2-3-8(10-6-7)12-5-1-4-11-12/h1-3,5-6H. The van der Waals surface area contributed by atoms with Crippen molar-refractivity contribution in [1.29, 1.82) is 0 Å². The van der Waals surface area contributed by atoms with Crippen LogP contribution in [0.25, 0.3) is 5.82 Å². The van der Waals surface area contributed by atoms with Gasteiger partial charge in [0.1, 0.15) is 6.20 Å². The average molecular weight is 179 g/mol. The Balaban J connectivity index is 2.43. The van der Waals surface area contributed by atoms with E-state index in [0.29, 0.717) is 5.02 Å². The Morgan fingerprint density at radius 3 is 2.92 bits per heavy atom. The molecule has 2 aromatic heterocycles. The fourth-order valence-corrected chi connectivity index (χ4v) is 0.976. The molecule has 0 N–H and O–H groups in total. The maximum atomic E-state index is 5.67. The summed E-state index contributed by atoms with van der Waals surface area (Å²) >= 11 is 5.67. The predicted octanol–water partition coefficient (Wildman–Crippen LogP) is 1.72. The Kier molecular flexibility index (Phi) is 1.80. The quantitative estimate of drug-likeness (QED) is 0.666. The highest BCUT2D eigenvalue weighted by Gasteiger charge is 1.95. The number of rotatable bonds is 1. The van der Waals surface area contributed by atoms with Crippen molar-refractivity contribution in [2.24, 2.45) is 0 Å². The molecule has 12 heavy (non-hydrogen) atoms. The van der Waals surface area contributed by atoms with Crippen LogP contribution in [0.5, 0.6) is 0 Å². The smallest absolute Gasteiger partial charge is 0.153 e. The Bertz CT molecular complexity index is 352. The summed E-state index contributed by atoms with van der Waals surface area (Å²) in [5.74, 6) is 0.737. The van der Waals surface area contributed by atoms with Crippen LogP contribution < -0.4 is 0 Å². The first kappa shape index (κ1) is 7.31. The third-order valence-electron chi connectivity index (χ3n) is 1.40. The molecule has 0 bridgehead atoms. The minimum atomic E-state index is 0.620. The predicted molar refractivity (Wildman–Crippen MR) is 45.2 cm³/mol. The van der Waals surface area contributed by atoms with Crippen molar-refractivity contribution in [2.75, 3.05) is 0 Å². The summed E-state index contributed by atoms with van der Waals surface area (Å²) in [6.45, 7) is 0. The van der Waals surface area contributed by atoms with E-state index < -0.39 is 0 Å². The lowest BCUT2D eigenvalue weighted by Crippen LogP contribution is -1.96. The van der Waals surface area contributed by atoms with Gasteiger partial charge in [0, 0.05) is 12.4 Å². The summed E-state index contributed by atoms with van der Waals surface area (Å²) in [7, 11) is 0. The average Bonchev–Trinajstić information content (AvgIpc) is 2.58. The molecule has 4 heteroatoms. The van der Waals surface area contributed by atoms with E-state index in [4.69, 9.17) is 11.6 Å². The number of aromatic nitrogens is 3. The van der Waals surface area contributed by atoms with Crippen molar-refractivity contribution in [1.82, 2.24) is 14.8 Å². The molecule has 0 aliphatic carbocycles. The third kappa shape index (κ3) is 1.31. The van der Waals surface area contributed by atoms with Crippen molar-refractivity contribution in [3.05, 3.63) is 41.8 Å². The van der Waals surface area contributed by atoms with Gasteiger partial charge in [-0.1, -0.05) is 11.6 Å². The molecule has 0 saturated carbocycles. The van der Waals surface area contributed by atoms with Gasteiger partial charge in [-0.15, -0.1) is 0 Å². The van der Waals surface area contributed by atoms with Gasteiger partial charge < -0.3 is 0 Å². The highest BCUT2D eigenvalue weighted by atomic mass is 35.5. The molecule has 2 heterocycles. The second kappa shape index (κ2) is 2.95. The molecule has 2 rings (SSSR count). The maximum Gasteiger partial charge on any atom is 0.153 e. The lowest BCUT2D eigenvalue weighted by Gasteiger charge is -1.97. The molecule has 59 valence electrons. The highest BCUT2D eigenvalue weighted by Crippen LogP contribution is 2.08. The van der Waals surface area contributed by atoms with Crippen LogP contribution in [0.2, 0.25) is 5.02 Å². The molecular weight excluding hydrogens is 174 g/mol. The van der Waals surface area contributed by atoms with E-state index in [9.17, 15) is 0 Å². The van der Waals surface area contributed by atoms with Crippen LogP contribution >= 0.6 is 11.6 Å². The van der Waals surface area contributed by atoms with Crippen molar-refractivity contribution < 1.29 is 0 Å². The Morgan fingerprint density at radius 1 is 1.42 bits per heavy atom. The Labute approximate surface area is 74.6 Å². The first-order valence-corrected chi connectivity index (χ1v) is 3.78. The largest absolute Gasteiger partial charge is 0.236 e. The van der Waals surface area contributed by atoms with E-state index in [0.717, 1.165) is 5.82 Å². The normalized spacial score (nSPS) is 10.1. The summed E-state index contributed by atoms with van der Waals surface area (Å²) < 4.78 is 1.62. The van der Waals surface area contributed by atoms with E-state index in [1.54, 1.807) is 35.3 Å². The topological polar surface area (TPSA) is 30.7 Å². The minimum Gasteiger partial charge on any atom is -0.236 e. The Hall–Kier alpha value is -1.35. The molecule has 2 aromatic rings. The molecule has 0 aliphatic heterocycles. The first-order chi connectivity index (χ1) is 5.86.